The summed E-state index contributed by atoms with van der Waals surface area (Å²) in [4.78, 5) is 0. The number of hydrogen-bond acceptors (Lipinski definition) is 2. The van der Waals surface area contributed by atoms with Crippen LogP contribution in [0.2, 0.25) is 0 Å². The average Bonchev–Trinajstić information content (AvgIpc) is 3.06. The first-order valence-electron chi connectivity index (χ1n) is 10.9. The third-order valence-corrected chi connectivity index (χ3v) is 3.81. The van der Waals surface area contributed by atoms with E-state index >= 15 is 0 Å². The van der Waals surface area contributed by atoms with Crippen LogP contribution in [0.15, 0.2) is 24.3 Å². The van der Waals surface area contributed by atoms with Crippen molar-refractivity contribution < 1.29 is 4.74 Å². The summed E-state index contributed by atoms with van der Waals surface area (Å²) < 4.78 is 5.24. The highest BCUT2D eigenvalue weighted by Gasteiger charge is 2.12. The van der Waals surface area contributed by atoms with Gasteiger partial charge < -0.3 is 10.1 Å². The first-order valence-corrected chi connectivity index (χ1v) is 10.9. The second-order valence-corrected chi connectivity index (χ2v) is 7.52. The molecule has 1 aromatic carbocycles. The van der Waals surface area contributed by atoms with E-state index in [-0.39, 0.29) is 0 Å². The molecule has 1 aromatic rings. The smallest absolute Gasteiger partial charge is 0.122 e. The SMILES string of the molecule is C=C(C)C.CCC.CCCCCCCC.COc1cc2c(cc1C)CNC2. The molecule has 0 fully saturated rings. The lowest BCUT2D eigenvalue weighted by molar-refractivity contribution is 0.411. The van der Waals surface area contributed by atoms with Crippen LogP contribution < -0.4 is 10.1 Å². The Kier molecular flexibility index (Phi) is 20.2. The molecule has 0 amide bonds. The van der Waals surface area contributed by atoms with Gasteiger partial charge in [0.05, 0.1) is 7.11 Å². The number of nitrogens with one attached hydrogen (secondary N) is 1. The topological polar surface area (TPSA) is 21.3 Å². The van der Waals surface area contributed by atoms with Crippen LogP contribution in [0.25, 0.3) is 0 Å². The molecule has 0 bridgehead atoms. The molecule has 1 N–H and O–H groups in total. The molecule has 0 unspecified atom stereocenters. The van der Waals surface area contributed by atoms with E-state index in [0.717, 1.165) is 18.8 Å². The van der Waals surface area contributed by atoms with Gasteiger partial charge in [-0.3, -0.25) is 0 Å². The highest BCUT2D eigenvalue weighted by atomic mass is 16.5. The number of ether oxygens (including phenoxy) is 1. The number of methoxy groups -OCH3 is 1. The van der Waals surface area contributed by atoms with E-state index in [9.17, 15) is 0 Å². The van der Waals surface area contributed by atoms with Crippen LogP contribution in [-0.4, -0.2) is 7.11 Å². The summed E-state index contributed by atoms with van der Waals surface area (Å²) >= 11 is 0. The van der Waals surface area contributed by atoms with Crippen molar-refractivity contribution in [2.24, 2.45) is 0 Å². The molecule has 0 spiro atoms. The zero-order valence-electron chi connectivity index (χ0n) is 19.6. The summed E-state index contributed by atoms with van der Waals surface area (Å²) in [5, 5.41) is 3.31. The van der Waals surface area contributed by atoms with E-state index < -0.39 is 0 Å². The minimum absolute atomic E-state index is 0.978. The molecule has 0 aliphatic carbocycles. The van der Waals surface area contributed by atoms with Crippen molar-refractivity contribution in [3.8, 4) is 5.75 Å². The fraction of sp³-hybridized carbons (Fsp3) is 0.680. The predicted molar refractivity (Wildman–Crippen MR) is 124 cm³/mol. The number of fused-ring (bicyclic) bond motifs is 1. The maximum Gasteiger partial charge on any atom is 0.122 e. The monoisotopic (exact) mass is 377 g/mol. The summed E-state index contributed by atoms with van der Waals surface area (Å²) in [6, 6.07) is 4.33. The van der Waals surface area contributed by atoms with Gasteiger partial charge in [0.2, 0.25) is 0 Å². The molecule has 158 valence electrons. The van der Waals surface area contributed by atoms with Crippen LogP contribution in [0, 0.1) is 6.92 Å². The number of benzene rings is 1. The molecule has 1 aliphatic rings. The lowest BCUT2D eigenvalue weighted by Crippen LogP contribution is -1.99. The van der Waals surface area contributed by atoms with Crippen LogP contribution in [0.1, 0.15) is 103 Å². The first-order chi connectivity index (χ1) is 12.9. The molecular weight excluding hydrogens is 330 g/mol. The number of hydrogen-bond donors (Lipinski definition) is 1. The number of allylic oxidation sites excluding steroid dienone is 1. The van der Waals surface area contributed by atoms with Gasteiger partial charge in [0.15, 0.2) is 0 Å². The van der Waals surface area contributed by atoms with Crippen LogP contribution in [0.4, 0.5) is 0 Å². The highest BCUT2D eigenvalue weighted by molar-refractivity contribution is 5.43. The van der Waals surface area contributed by atoms with E-state index in [1.54, 1.807) is 7.11 Å². The molecule has 0 radical (unpaired) electrons. The molecule has 1 heterocycles. The van der Waals surface area contributed by atoms with Crippen molar-refractivity contribution in [2.75, 3.05) is 7.11 Å². The molecule has 0 saturated heterocycles. The molecular formula is C25H47NO. The first kappa shape index (κ1) is 27.9. The van der Waals surface area contributed by atoms with Crippen molar-refractivity contribution >= 4 is 0 Å². The molecule has 0 saturated carbocycles. The Bertz CT molecular complexity index is 469. The molecule has 27 heavy (non-hydrogen) atoms. The van der Waals surface area contributed by atoms with Gasteiger partial charge in [-0.2, -0.15) is 0 Å². The van der Waals surface area contributed by atoms with Crippen molar-refractivity contribution in [1.29, 1.82) is 0 Å². The summed E-state index contributed by atoms with van der Waals surface area (Å²) in [5.41, 5.74) is 5.17. The van der Waals surface area contributed by atoms with Gasteiger partial charge in [0.25, 0.3) is 0 Å². The Labute approximate surface area is 170 Å². The molecule has 1 aliphatic heterocycles. The van der Waals surface area contributed by atoms with E-state index in [1.165, 1.54) is 67.2 Å². The number of aryl methyl sites for hydroxylation is 1. The molecule has 0 atom stereocenters. The van der Waals surface area contributed by atoms with Crippen LogP contribution in [-0.2, 0) is 13.1 Å². The van der Waals surface area contributed by atoms with Crippen LogP contribution in [0.5, 0.6) is 5.75 Å². The second-order valence-electron chi connectivity index (χ2n) is 7.52. The third-order valence-electron chi connectivity index (χ3n) is 3.81. The van der Waals surface area contributed by atoms with E-state index in [2.05, 4.69) is 58.6 Å². The minimum Gasteiger partial charge on any atom is -0.496 e. The Hall–Kier alpha value is -1.28. The van der Waals surface area contributed by atoms with Gasteiger partial charge in [-0.15, -0.1) is 6.58 Å². The van der Waals surface area contributed by atoms with Crippen molar-refractivity contribution in [2.45, 2.75) is 107 Å². The summed E-state index contributed by atoms with van der Waals surface area (Å²) in [5.74, 6) is 0.998. The third kappa shape index (κ3) is 16.6. The zero-order valence-corrected chi connectivity index (χ0v) is 19.6. The van der Waals surface area contributed by atoms with Gasteiger partial charge in [-0.25, -0.2) is 0 Å². The van der Waals surface area contributed by atoms with E-state index in [4.69, 9.17) is 4.74 Å². The highest BCUT2D eigenvalue weighted by Crippen LogP contribution is 2.25. The van der Waals surface area contributed by atoms with Crippen molar-refractivity contribution in [1.82, 2.24) is 5.32 Å². The number of rotatable bonds is 6. The average molecular weight is 378 g/mol. The Balaban J connectivity index is 0. The van der Waals surface area contributed by atoms with E-state index in [1.807, 2.05) is 13.8 Å². The van der Waals surface area contributed by atoms with Gasteiger partial charge in [-0.05, 0) is 43.5 Å². The lowest BCUT2D eigenvalue weighted by Gasteiger charge is -2.06. The zero-order chi connectivity index (χ0) is 21.1. The standard InChI is InChI=1S/C10H13NO.C8H18.C4H8.C3H8/c1-7-3-8-5-11-6-9(8)4-10(7)12-2;1-3-5-7-8-6-4-2;1-4(2)3;1-3-2/h3-4,11H,5-6H2,1-2H3;3-8H2,1-2H3;1H2,2-3H3;3H2,1-2H3. The Morgan fingerprint density at radius 2 is 1.33 bits per heavy atom. The lowest BCUT2D eigenvalue weighted by atomic mass is 10.1. The predicted octanol–water partition coefficient (Wildman–Crippen LogP) is 7.97. The van der Waals surface area contributed by atoms with Crippen LogP contribution >= 0.6 is 0 Å². The molecule has 2 nitrogen and oxygen atoms in total. The second kappa shape index (κ2) is 19.5. The van der Waals surface area contributed by atoms with Crippen LogP contribution in [0.3, 0.4) is 0 Å². The molecule has 0 aromatic heterocycles. The quantitative estimate of drug-likeness (QED) is 0.401. The fourth-order valence-corrected chi connectivity index (χ4v) is 2.52. The molecule has 2 rings (SSSR count). The van der Waals surface area contributed by atoms with Gasteiger partial charge >= 0.3 is 0 Å². The molecule has 2 heteroatoms. The summed E-state index contributed by atoms with van der Waals surface area (Å²) in [6.07, 6.45) is 9.74. The summed E-state index contributed by atoms with van der Waals surface area (Å²) in [7, 11) is 1.72. The minimum atomic E-state index is 0.978. The normalized spacial score (nSPS) is 11.0. The van der Waals surface area contributed by atoms with E-state index in [0.29, 0.717) is 0 Å². The van der Waals surface area contributed by atoms with Gasteiger partial charge in [0, 0.05) is 13.1 Å². The Morgan fingerprint density at radius 1 is 0.926 bits per heavy atom. The maximum atomic E-state index is 5.24. The number of unbranched alkanes of at least 4 members (excludes halogenated alkanes) is 5. The van der Waals surface area contributed by atoms with Crippen molar-refractivity contribution in [3.05, 3.63) is 41.0 Å². The van der Waals surface area contributed by atoms with Gasteiger partial charge in [-0.1, -0.05) is 84.3 Å². The van der Waals surface area contributed by atoms with Gasteiger partial charge in [0.1, 0.15) is 5.75 Å². The Morgan fingerprint density at radius 3 is 1.70 bits per heavy atom. The maximum absolute atomic E-state index is 5.24. The summed E-state index contributed by atoms with van der Waals surface area (Å²) in [6.45, 7) is 20.3. The fourth-order valence-electron chi connectivity index (χ4n) is 2.52. The largest absolute Gasteiger partial charge is 0.496 e. The van der Waals surface area contributed by atoms with Crippen molar-refractivity contribution in [3.63, 3.8) is 0 Å².